The Labute approximate surface area is 129 Å². The van der Waals surface area contributed by atoms with Crippen molar-refractivity contribution in [2.45, 2.75) is 32.5 Å². The van der Waals surface area contributed by atoms with Crippen LogP contribution in [-0.4, -0.2) is 15.6 Å². The zero-order valence-electron chi connectivity index (χ0n) is 12.3. The molecule has 0 saturated carbocycles. The quantitative estimate of drug-likeness (QED) is 0.881. The molecule has 5 nitrogen and oxygen atoms in total. The number of aromatic nitrogens is 2. The van der Waals surface area contributed by atoms with Crippen LogP contribution in [0.4, 0.5) is 19.0 Å². The Hall–Kier alpha value is -2.51. The second-order valence-electron chi connectivity index (χ2n) is 5.39. The summed E-state index contributed by atoms with van der Waals surface area (Å²) in [6.45, 7) is 2.16. The van der Waals surface area contributed by atoms with Gasteiger partial charge >= 0.3 is 5.69 Å². The number of hydrogen-bond acceptors (Lipinski definition) is 4. The van der Waals surface area contributed by atoms with E-state index in [1.165, 1.54) is 10.6 Å². The zero-order valence-corrected chi connectivity index (χ0v) is 12.3. The van der Waals surface area contributed by atoms with Crippen LogP contribution in [0.3, 0.4) is 0 Å². The van der Waals surface area contributed by atoms with Crippen LogP contribution in [0.5, 0.6) is 5.88 Å². The van der Waals surface area contributed by atoms with E-state index in [2.05, 4.69) is 10.3 Å². The largest absolute Gasteiger partial charge is 0.472 e. The molecule has 8 heteroatoms. The van der Waals surface area contributed by atoms with Crippen LogP contribution < -0.4 is 15.7 Å². The highest BCUT2D eigenvalue weighted by Crippen LogP contribution is 2.20. The lowest BCUT2D eigenvalue weighted by Gasteiger charge is -2.25. The first-order chi connectivity index (χ1) is 10.9. The fourth-order valence-corrected chi connectivity index (χ4v) is 2.37. The van der Waals surface area contributed by atoms with Crippen molar-refractivity contribution >= 4 is 5.82 Å². The van der Waals surface area contributed by atoms with Gasteiger partial charge in [0.15, 0.2) is 11.6 Å². The number of hydrogen-bond donors (Lipinski definition) is 1. The van der Waals surface area contributed by atoms with Crippen molar-refractivity contribution in [3.63, 3.8) is 0 Å². The Bertz CT molecular complexity index is 807. The van der Waals surface area contributed by atoms with Gasteiger partial charge in [-0.25, -0.2) is 18.0 Å². The second kappa shape index (κ2) is 5.94. The maximum absolute atomic E-state index is 13.6. The number of rotatable bonds is 3. The molecule has 1 aromatic carbocycles. The van der Waals surface area contributed by atoms with Gasteiger partial charge in [0, 0.05) is 30.3 Å². The minimum absolute atomic E-state index is 0.00742. The number of benzene rings is 1. The fraction of sp³-hybridized carbons (Fsp3) is 0.333. The van der Waals surface area contributed by atoms with Crippen LogP contribution in [0.15, 0.2) is 23.0 Å². The Kier molecular flexibility index (Phi) is 3.97. The average molecular weight is 325 g/mol. The minimum atomic E-state index is -1.27. The topological polar surface area (TPSA) is 56.2 Å². The Balaban J connectivity index is 1.82. The smallest absolute Gasteiger partial charge is 0.352 e. The molecule has 0 bridgehead atoms. The molecular formula is C15H14F3N3O2. The van der Waals surface area contributed by atoms with E-state index in [0.717, 1.165) is 12.5 Å². The molecule has 3 rings (SSSR count). The van der Waals surface area contributed by atoms with Crippen LogP contribution in [0.1, 0.15) is 18.9 Å². The molecule has 122 valence electrons. The third-order valence-electron chi connectivity index (χ3n) is 3.63. The van der Waals surface area contributed by atoms with E-state index in [1.807, 2.05) is 6.92 Å². The van der Waals surface area contributed by atoms with Crippen molar-refractivity contribution in [2.24, 2.45) is 0 Å². The van der Waals surface area contributed by atoms with Crippen molar-refractivity contribution in [3.05, 3.63) is 51.7 Å². The highest BCUT2D eigenvalue weighted by atomic mass is 19.2. The molecule has 2 heterocycles. The van der Waals surface area contributed by atoms with Gasteiger partial charge < -0.3 is 10.1 Å². The summed E-state index contributed by atoms with van der Waals surface area (Å²) in [7, 11) is 0. The average Bonchev–Trinajstić information content (AvgIpc) is 2.49. The van der Waals surface area contributed by atoms with Gasteiger partial charge in [0.2, 0.25) is 5.88 Å². The number of halogens is 3. The summed E-state index contributed by atoms with van der Waals surface area (Å²) in [5.74, 6) is -2.81. The molecule has 0 fully saturated rings. The fourth-order valence-electron chi connectivity index (χ4n) is 2.37. The van der Waals surface area contributed by atoms with Gasteiger partial charge in [-0.1, -0.05) is 0 Å². The van der Waals surface area contributed by atoms with E-state index in [4.69, 9.17) is 4.74 Å². The van der Waals surface area contributed by atoms with E-state index in [1.54, 1.807) is 0 Å². The van der Waals surface area contributed by atoms with Crippen molar-refractivity contribution in [2.75, 3.05) is 5.32 Å². The summed E-state index contributed by atoms with van der Waals surface area (Å²) in [6.07, 6.45) is 0.800. The third-order valence-corrected chi connectivity index (χ3v) is 3.63. The summed E-state index contributed by atoms with van der Waals surface area (Å²) in [5.41, 5.74) is -0.646. The van der Waals surface area contributed by atoms with Crippen LogP contribution in [0.2, 0.25) is 0 Å². The molecule has 0 radical (unpaired) electrons. The van der Waals surface area contributed by atoms with Gasteiger partial charge in [0.05, 0.1) is 0 Å². The molecule has 2 aromatic rings. The van der Waals surface area contributed by atoms with Crippen molar-refractivity contribution in [1.29, 1.82) is 0 Å². The van der Waals surface area contributed by atoms with Crippen molar-refractivity contribution in [1.82, 2.24) is 9.55 Å². The molecule has 1 aliphatic heterocycles. The molecule has 0 unspecified atom stereocenters. The van der Waals surface area contributed by atoms with Crippen LogP contribution in [-0.2, 0) is 13.2 Å². The molecule has 0 spiro atoms. The van der Waals surface area contributed by atoms with Crippen LogP contribution >= 0.6 is 0 Å². The van der Waals surface area contributed by atoms with Gasteiger partial charge in [0.25, 0.3) is 0 Å². The number of ether oxygens (including phenoxy) is 1. The number of nitrogens with one attached hydrogen (secondary N) is 1. The maximum Gasteiger partial charge on any atom is 0.352 e. The number of nitrogens with zero attached hydrogens (tertiary/aromatic N) is 2. The number of anilines is 1. The Morgan fingerprint density at radius 3 is 2.78 bits per heavy atom. The predicted octanol–water partition coefficient (Wildman–Crippen LogP) is 2.44. The lowest BCUT2D eigenvalue weighted by Crippen LogP contribution is -2.34. The van der Waals surface area contributed by atoms with Crippen LogP contribution in [0.25, 0.3) is 0 Å². The summed E-state index contributed by atoms with van der Waals surface area (Å²) >= 11 is 0. The summed E-state index contributed by atoms with van der Waals surface area (Å²) in [5, 5.41) is 3.13. The first kappa shape index (κ1) is 15.4. The van der Waals surface area contributed by atoms with Gasteiger partial charge in [-0.2, -0.15) is 4.98 Å². The van der Waals surface area contributed by atoms with E-state index in [-0.39, 0.29) is 24.1 Å². The summed E-state index contributed by atoms with van der Waals surface area (Å²) in [6, 6.07) is 2.89. The highest BCUT2D eigenvalue weighted by molar-refractivity contribution is 5.41. The van der Waals surface area contributed by atoms with Gasteiger partial charge in [-0.05, 0) is 19.4 Å². The second-order valence-corrected chi connectivity index (χ2v) is 5.39. The van der Waals surface area contributed by atoms with E-state index in [9.17, 15) is 18.0 Å². The van der Waals surface area contributed by atoms with Crippen LogP contribution in [0, 0.1) is 17.5 Å². The monoisotopic (exact) mass is 325 g/mol. The zero-order chi connectivity index (χ0) is 16.6. The molecule has 1 N–H and O–H groups in total. The van der Waals surface area contributed by atoms with Gasteiger partial charge in [-0.3, -0.25) is 4.57 Å². The highest BCUT2D eigenvalue weighted by Gasteiger charge is 2.17. The van der Waals surface area contributed by atoms with Crippen molar-refractivity contribution in [3.8, 4) is 5.88 Å². The van der Waals surface area contributed by atoms with E-state index < -0.39 is 23.1 Å². The third kappa shape index (κ3) is 3.15. The van der Waals surface area contributed by atoms with Gasteiger partial charge in [-0.15, -0.1) is 0 Å². The Morgan fingerprint density at radius 2 is 2.00 bits per heavy atom. The SMILES string of the molecule is C[C@@H]1CCn2c(cc(OCc3cc(F)c(F)cc3F)nc2=O)N1. The van der Waals surface area contributed by atoms with Gasteiger partial charge in [0.1, 0.15) is 18.2 Å². The normalized spacial score (nSPS) is 16.6. The maximum atomic E-state index is 13.6. The first-order valence-corrected chi connectivity index (χ1v) is 7.08. The van der Waals surface area contributed by atoms with E-state index in [0.29, 0.717) is 18.4 Å². The summed E-state index contributed by atoms with van der Waals surface area (Å²) < 4.78 is 46.3. The molecule has 1 aliphatic rings. The first-order valence-electron chi connectivity index (χ1n) is 7.08. The predicted molar refractivity (Wildman–Crippen MR) is 76.8 cm³/mol. The minimum Gasteiger partial charge on any atom is -0.472 e. The molecular weight excluding hydrogens is 311 g/mol. The standard InChI is InChI=1S/C15H14F3N3O2/c1-8-2-3-21-13(19-8)6-14(20-15(21)22)23-7-9-4-11(17)12(18)5-10(9)16/h4-6,8,19H,2-3,7H2,1H3/t8-/m1/s1. The Morgan fingerprint density at radius 1 is 1.26 bits per heavy atom. The van der Waals surface area contributed by atoms with Crippen molar-refractivity contribution < 1.29 is 17.9 Å². The molecule has 0 aliphatic carbocycles. The molecule has 23 heavy (non-hydrogen) atoms. The number of fused-ring (bicyclic) bond motifs is 1. The lowest BCUT2D eigenvalue weighted by atomic mass is 10.2. The molecule has 0 saturated heterocycles. The molecule has 1 aromatic heterocycles. The molecule has 0 amide bonds. The summed E-state index contributed by atoms with van der Waals surface area (Å²) in [4.78, 5) is 15.7. The van der Waals surface area contributed by atoms with E-state index >= 15 is 0 Å². The lowest BCUT2D eigenvalue weighted by molar-refractivity contribution is 0.283. The molecule has 1 atom stereocenters.